The summed E-state index contributed by atoms with van der Waals surface area (Å²) in [5.41, 5.74) is 4.15. The minimum Gasteiger partial charge on any atom is -0.312 e. The van der Waals surface area contributed by atoms with E-state index in [4.69, 9.17) is 0 Å². The number of rotatable bonds is 3. The van der Waals surface area contributed by atoms with E-state index in [0.29, 0.717) is 24.5 Å². The second-order valence-corrected chi connectivity index (χ2v) is 9.60. The van der Waals surface area contributed by atoms with Crippen molar-refractivity contribution in [1.29, 1.82) is 0 Å². The lowest BCUT2D eigenvalue weighted by molar-refractivity contribution is -0.119. The van der Waals surface area contributed by atoms with Crippen molar-refractivity contribution >= 4 is 21.6 Å². The summed E-state index contributed by atoms with van der Waals surface area (Å²) in [6.45, 7) is 1.58. The van der Waals surface area contributed by atoms with Crippen molar-refractivity contribution in [2.75, 3.05) is 18.0 Å². The van der Waals surface area contributed by atoms with Gasteiger partial charge in [-0.3, -0.25) is 4.79 Å². The molecule has 0 N–H and O–H groups in total. The standard InChI is InChI=1S/C21H22N2O3S/c24-21(16-5-6-16)23-12-10-17-13-19(7-8-20(17)23)27(25,26)22-11-9-15-3-1-2-4-18(15)14-22/h1-4,7-8,13,16H,5-6,9-12,14H2. The Bertz CT molecular complexity index is 1030. The predicted octanol–water partition coefficient (Wildman–Crippen LogP) is 2.73. The first-order valence-electron chi connectivity index (χ1n) is 9.55. The van der Waals surface area contributed by atoms with Crippen molar-refractivity contribution in [3.63, 3.8) is 0 Å². The molecule has 2 aromatic carbocycles. The van der Waals surface area contributed by atoms with Gasteiger partial charge in [-0.15, -0.1) is 0 Å². The van der Waals surface area contributed by atoms with Gasteiger partial charge < -0.3 is 4.90 Å². The van der Waals surface area contributed by atoms with Gasteiger partial charge in [-0.25, -0.2) is 8.42 Å². The Morgan fingerprint density at radius 1 is 0.926 bits per heavy atom. The summed E-state index contributed by atoms with van der Waals surface area (Å²) in [6.07, 6.45) is 3.42. The molecule has 1 amide bonds. The van der Waals surface area contributed by atoms with Gasteiger partial charge in [0.25, 0.3) is 0 Å². The third-order valence-corrected chi connectivity index (χ3v) is 7.71. The third-order valence-electron chi connectivity index (χ3n) is 5.87. The Balaban J connectivity index is 1.42. The van der Waals surface area contributed by atoms with E-state index < -0.39 is 10.0 Å². The fourth-order valence-corrected chi connectivity index (χ4v) is 5.61. The molecule has 3 aliphatic rings. The minimum absolute atomic E-state index is 0.174. The van der Waals surface area contributed by atoms with Crippen LogP contribution in [0.3, 0.4) is 0 Å². The van der Waals surface area contributed by atoms with Crippen LogP contribution in [0.25, 0.3) is 0 Å². The van der Waals surface area contributed by atoms with Crippen LogP contribution in [-0.4, -0.2) is 31.7 Å². The van der Waals surface area contributed by atoms with Crippen LogP contribution in [-0.2, 0) is 34.2 Å². The molecule has 0 atom stereocenters. The maximum atomic E-state index is 13.2. The van der Waals surface area contributed by atoms with Crippen LogP contribution in [0.5, 0.6) is 0 Å². The molecule has 2 aliphatic heterocycles. The molecular weight excluding hydrogens is 360 g/mol. The molecule has 1 saturated carbocycles. The number of anilines is 1. The van der Waals surface area contributed by atoms with Gasteiger partial charge >= 0.3 is 0 Å². The second-order valence-electron chi connectivity index (χ2n) is 7.66. The van der Waals surface area contributed by atoms with Crippen LogP contribution in [0.4, 0.5) is 5.69 Å². The molecule has 5 rings (SSSR count). The second kappa shape index (κ2) is 6.17. The Labute approximate surface area is 159 Å². The number of sulfonamides is 1. The molecule has 0 aromatic heterocycles. The van der Waals surface area contributed by atoms with Gasteiger partial charge in [-0.05, 0) is 60.6 Å². The molecular formula is C21H22N2O3S. The SMILES string of the molecule is O=C(C1CC1)N1CCc2cc(S(=O)(=O)N3CCc4ccccc4C3)ccc21. The first-order chi connectivity index (χ1) is 13.0. The van der Waals surface area contributed by atoms with Gasteiger partial charge in [0.15, 0.2) is 0 Å². The van der Waals surface area contributed by atoms with Gasteiger partial charge in [-0.1, -0.05) is 24.3 Å². The number of nitrogens with zero attached hydrogens (tertiary/aromatic N) is 2. The van der Waals surface area contributed by atoms with Crippen molar-refractivity contribution in [2.24, 2.45) is 5.92 Å². The van der Waals surface area contributed by atoms with E-state index in [-0.39, 0.29) is 11.8 Å². The highest BCUT2D eigenvalue weighted by Gasteiger charge is 2.37. The maximum absolute atomic E-state index is 13.2. The quantitative estimate of drug-likeness (QED) is 0.820. The summed E-state index contributed by atoms with van der Waals surface area (Å²) < 4.78 is 27.9. The molecule has 0 unspecified atom stereocenters. The third kappa shape index (κ3) is 2.87. The van der Waals surface area contributed by atoms with Crippen LogP contribution in [0.15, 0.2) is 47.4 Å². The Morgan fingerprint density at radius 3 is 2.44 bits per heavy atom. The number of carbonyl (C=O) groups is 1. The van der Waals surface area contributed by atoms with E-state index in [1.165, 1.54) is 5.56 Å². The van der Waals surface area contributed by atoms with E-state index in [0.717, 1.165) is 42.5 Å². The highest BCUT2D eigenvalue weighted by molar-refractivity contribution is 7.89. The lowest BCUT2D eigenvalue weighted by atomic mass is 10.0. The van der Waals surface area contributed by atoms with Crippen molar-refractivity contribution < 1.29 is 13.2 Å². The largest absolute Gasteiger partial charge is 0.312 e. The van der Waals surface area contributed by atoms with E-state index >= 15 is 0 Å². The average Bonchev–Trinajstić information content (AvgIpc) is 3.46. The number of hydrogen-bond donors (Lipinski definition) is 0. The molecule has 0 saturated heterocycles. The fourth-order valence-electron chi connectivity index (χ4n) is 4.14. The van der Waals surface area contributed by atoms with E-state index in [1.807, 2.05) is 29.2 Å². The molecule has 1 fully saturated rings. The van der Waals surface area contributed by atoms with Gasteiger partial charge in [0.05, 0.1) is 4.90 Å². The zero-order valence-corrected chi connectivity index (χ0v) is 15.9. The molecule has 2 heterocycles. The molecule has 0 bridgehead atoms. The van der Waals surface area contributed by atoms with Crippen molar-refractivity contribution in [3.05, 3.63) is 59.2 Å². The number of benzene rings is 2. The van der Waals surface area contributed by atoms with Crippen molar-refractivity contribution in [2.45, 2.75) is 37.1 Å². The first-order valence-corrected chi connectivity index (χ1v) is 11.0. The molecule has 1 aliphatic carbocycles. The van der Waals surface area contributed by atoms with E-state index in [2.05, 4.69) is 6.07 Å². The summed E-state index contributed by atoms with van der Waals surface area (Å²) in [7, 11) is -3.54. The van der Waals surface area contributed by atoms with Crippen molar-refractivity contribution in [1.82, 2.24) is 4.31 Å². The van der Waals surface area contributed by atoms with Crippen LogP contribution >= 0.6 is 0 Å². The summed E-state index contributed by atoms with van der Waals surface area (Å²) in [5.74, 6) is 0.366. The molecule has 6 heteroatoms. The normalized spacial score (nSPS) is 19.6. The lowest BCUT2D eigenvalue weighted by Gasteiger charge is -2.28. The van der Waals surface area contributed by atoms with Gasteiger partial charge in [0, 0.05) is 31.2 Å². The Kier molecular flexibility index (Phi) is 3.88. The molecule has 5 nitrogen and oxygen atoms in total. The highest BCUT2D eigenvalue weighted by Crippen LogP contribution is 2.37. The average molecular weight is 382 g/mol. The Morgan fingerprint density at radius 2 is 1.67 bits per heavy atom. The lowest BCUT2D eigenvalue weighted by Crippen LogP contribution is -2.36. The number of fused-ring (bicyclic) bond motifs is 2. The van der Waals surface area contributed by atoms with E-state index in [1.54, 1.807) is 16.4 Å². The number of amides is 1. The summed E-state index contributed by atoms with van der Waals surface area (Å²) in [4.78, 5) is 14.6. The number of hydrogen-bond acceptors (Lipinski definition) is 3. The summed E-state index contributed by atoms with van der Waals surface area (Å²) >= 11 is 0. The molecule has 0 radical (unpaired) electrons. The Hall–Kier alpha value is -2.18. The van der Waals surface area contributed by atoms with Crippen LogP contribution in [0.2, 0.25) is 0 Å². The summed E-state index contributed by atoms with van der Waals surface area (Å²) in [6, 6.07) is 13.3. The first kappa shape index (κ1) is 17.0. The minimum atomic E-state index is -3.54. The maximum Gasteiger partial charge on any atom is 0.243 e. The van der Waals surface area contributed by atoms with Crippen LogP contribution in [0, 0.1) is 5.92 Å². The number of carbonyl (C=O) groups excluding carboxylic acids is 1. The highest BCUT2D eigenvalue weighted by atomic mass is 32.2. The fraction of sp³-hybridized carbons (Fsp3) is 0.381. The van der Waals surface area contributed by atoms with Crippen LogP contribution in [0.1, 0.15) is 29.5 Å². The molecule has 0 spiro atoms. The summed E-state index contributed by atoms with van der Waals surface area (Å²) in [5, 5.41) is 0. The van der Waals surface area contributed by atoms with E-state index in [9.17, 15) is 13.2 Å². The molecule has 27 heavy (non-hydrogen) atoms. The van der Waals surface area contributed by atoms with Gasteiger partial charge in [0.1, 0.15) is 0 Å². The predicted molar refractivity (Wildman–Crippen MR) is 103 cm³/mol. The van der Waals surface area contributed by atoms with Gasteiger partial charge in [0.2, 0.25) is 15.9 Å². The molecule has 140 valence electrons. The van der Waals surface area contributed by atoms with Crippen molar-refractivity contribution in [3.8, 4) is 0 Å². The monoisotopic (exact) mass is 382 g/mol. The smallest absolute Gasteiger partial charge is 0.243 e. The topological polar surface area (TPSA) is 57.7 Å². The zero-order valence-electron chi connectivity index (χ0n) is 15.1. The molecule has 2 aromatic rings. The zero-order chi connectivity index (χ0) is 18.6. The van der Waals surface area contributed by atoms with Crippen LogP contribution < -0.4 is 4.90 Å². The van der Waals surface area contributed by atoms with Gasteiger partial charge in [-0.2, -0.15) is 4.31 Å².